The number of ether oxygens (including phenoxy) is 2. The average molecular weight is 367 g/mol. The zero-order chi connectivity index (χ0) is 16.9. The smallest absolute Gasteiger partial charge is 0.343 e. The number of methoxy groups -OCH3 is 1. The molecule has 0 aromatic heterocycles. The van der Waals surface area contributed by atoms with Crippen molar-refractivity contribution in [3.63, 3.8) is 0 Å². The van der Waals surface area contributed by atoms with E-state index in [0.717, 1.165) is 0 Å². The van der Waals surface area contributed by atoms with E-state index >= 15 is 0 Å². The molecular formula is C14H14Cl3NO4. The van der Waals surface area contributed by atoms with Crippen molar-refractivity contribution < 1.29 is 19.4 Å². The number of halogens is 3. The lowest BCUT2D eigenvalue weighted by Crippen LogP contribution is -2.27. The number of hydrogen-bond donors (Lipinski definition) is 2. The van der Waals surface area contributed by atoms with Crippen LogP contribution in [0.3, 0.4) is 0 Å². The van der Waals surface area contributed by atoms with Crippen LogP contribution in [0.1, 0.15) is 12.5 Å². The van der Waals surface area contributed by atoms with Crippen LogP contribution in [0.4, 0.5) is 0 Å². The van der Waals surface area contributed by atoms with Gasteiger partial charge in [0, 0.05) is 5.56 Å². The number of esters is 1. The number of benzene rings is 1. The Morgan fingerprint density at radius 2 is 1.82 bits per heavy atom. The zero-order valence-electron chi connectivity index (χ0n) is 11.8. The minimum atomic E-state index is -2.18. The Balaban J connectivity index is 3.38. The van der Waals surface area contributed by atoms with Gasteiger partial charge in [0.1, 0.15) is 22.8 Å². The third kappa shape index (κ3) is 4.53. The van der Waals surface area contributed by atoms with Crippen LogP contribution in [-0.2, 0) is 9.53 Å². The van der Waals surface area contributed by atoms with Gasteiger partial charge in [-0.05, 0) is 31.2 Å². The summed E-state index contributed by atoms with van der Waals surface area (Å²) in [6.45, 7) is 1.63. The first-order chi connectivity index (χ1) is 10.2. The normalized spacial score (nSPS) is 12.4. The minimum Gasteiger partial charge on any atom is -0.506 e. The Labute approximate surface area is 142 Å². The van der Waals surface area contributed by atoms with E-state index in [1.54, 1.807) is 19.1 Å². The molecule has 120 valence electrons. The predicted molar refractivity (Wildman–Crippen MR) is 87.2 cm³/mol. The van der Waals surface area contributed by atoms with Crippen molar-refractivity contribution in [3.8, 4) is 5.75 Å². The van der Waals surface area contributed by atoms with Gasteiger partial charge in [-0.1, -0.05) is 34.8 Å². The Kier molecular flexibility index (Phi) is 6.53. The molecule has 0 radical (unpaired) electrons. The van der Waals surface area contributed by atoms with E-state index in [2.05, 4.69) is 0 Å². The Bertz CT molecular complexity index is 591. The molecule has 0 atom stereocenters. The van der Waals surface area contributed by atoms with Gasteiger partial charge >= 0.3 is 5.97 Å². The number of rotatable bonds is 5. The summed E-state index contributed by atoms with van der Waals surface area (Å²) in [6.07, 6.45) is 0. The molecule has 1 aromatic rings. The monoisotopic (exact) mass is 365 g/mol. The van der Waals surface area contributed by atoms with Crippen molar-refractivity contribution in [1.82, 2.24) is 0 Å². The lowest BCUT2D eigenvalue weighted by molar-refractivity contribution is -0.137. The number of aliphatic hydroxyl groups is 1. The molecule has 0 aliphatic carbocycles. The molecule has 0 bridgehead atoms. The fraction of sp³-hybridized carbons (Fsp3) is 0.286. The molecule has 8 heteroatoms. The highest BCUT2D eigenvalue weighted by Crippen LogP contribution is 2.33. The van der Waals surface area contributed by atoms with Gasteiger partial charge in [0.25, 0.3) is 0 Å². The van der Waals surface area contributed by atoms with E-state index in [9.17, 15) is 9.90 Å². The molecular weight excluding hydrogens is 353 g/mol. The maximum Gasteiger partial charge on any atom is 0.343 e. The van der Waals surface area contributed by atoms with Crippen molar-refractivity contribution >= 4 is 52.2 Å². The molecule has 0 saturated carbocycles. The van der Waals surface area contributed by atoms with E-state index in [1.807, 2.05) is 0 Å². The molecule has 0 spiro atoms. The second kappa shape index (κ2) is 7.72. The van der Waals surface area contributed by atoms with Gasteiger partial charge in [-0.25, -0.2) is 4.79 Å². The van der Waals surface area contributed by atoms with Crippen LogP contribution >= 0.6 is 34.8 Å². The number of nitrogens with one attached hydrogen (secondary N) is 1. The van der Waals surface area contributed by atoms with Gasteiger partial charge in [-0.15, -0.1) is 0 Å². The van der Waals surface area contributed by atoms with Crippen LogP contribution in [0.15, 0.2) is 29.8 Å². The lowest BCUT2D eigenvalue weighted by atomic mass is 10.0. The van der Waals surface area contributed by atoms with E-state index in [0.29, 0.717) is 5.75 Å². The summed E-state index contributed by atoms with van der Waals surface area (Å²) in [5.74, 6) is -0.907. The summed E-state index contributed by atoms with van der Waals surface area (Å²) in [5, 5.41) is 18.1. The Hall–Kier alpha value is -1.43. The average Bonchev–Trinajstić information content (AvgIpc) is 2.46. The SMILES string of the molecule is CCOC(=O)/C(C(=N)C(Cl)(Cl)Cl)=C(\O)c1ccc(OC)cc1. The first kappa shape index (κ1) is 18.6. The number of aliphatic hydroxyl groups excluding tert-OH is 1. The molecule has 0 amide bonds. The summed E-state index contributed by atoms with van der Waals surface area (Å²) in [6, 6.07) is 6.15. The summed E-state index contributed by atoms with van der Waals surface area (Å²) in [5.41, 5.74) is -0.931. The van der Waals surface area contributed by atoms with E-state index in [-0.39, 0.29) is 12.2 Å². The number of hydrogen-bond acceptors (Lipinski definition) is 5. The maximum absolute atomic E-state index is 12.0. The first-order valence-corrected chi connectivity index (χ1v) is 7.26. The third-order valence-corrected chi connectivity index (χ3v) is 3.18. The summed E-state index contributed by atoms with van der Waals surface area (Å²) in [7, 11) is 1.49. The molecule has 0 aliphatic rings. The molecule has 0 saturated heterocycles. The second-order valence-corrected chi connectivity index (χ2v) is 6.33. The molecule has 0 fully saturated rings. The van der Waals surface area contributed by atoms with E-state index in [4.69, 9.17) is 49.7 Å². The lowest BCUT2D eigenvalue weighted by Gasteiger charge is -2.16. The largest absolute Gasteiger partial charge is 0.506 e. The van der Waals surface area contributed by atoms with Gasteiger partial charge in [0.05, 0.1) is 13.7 Å². The highest BCUT2D eigenvalue weighted by molar-refractivity contribution is 6.78. The third-order valence-electron chi connectivity index (χ3n) is 2.61. The van der Waals surface area contributed by atoms with Crippen LogP contribution in [0.2, 0.25) is 0 Å². The Morgan fingerprint density at radius 1 is 1.27 bits per heavy atom. The van der Waals surface area contributed by atoms with Crippen molar-refractivity contribution in [1.29, 1.82) is 5.41 Å². The minimum absolute atomic E-state index is 0.0470. The highest BCUT2D eigenvalue weighted by Gasteiger charge is 2.36. The van der Waals surface area contributed by atoms with Crippen LogP contribution in [0.25, 0.3) is 5.76 Å². The summed E-state index contributed by atoms with van der Waals surface area (Å²) < 4.78 is 7.63. The molecule has 1 aromatic carbocycles. The number of carbonyl (C=O) groups excluding carboxylic acids is 1. The van der Waals surface area contributed by atoms with Crippen molar-refractivity contribution in [2.45, 2.75) is 10.7 Å². The van der Waals surface area contributed by atoms with Gasteiger partial charge in [-0.3, -0.25) is 5.41 Å². The zero-order valence-corrected chi connectivity index (χ0v) is 14.1. The summed E-state index contributed by atoms with van der Waals surface area (Å²) in [4.78, 5) is 12.0. The van der Waals surface area contributed by atoms with Gasteiger partial charge in [0.15, 0.2) is 0 Å². The van der Waals surface area contributed by atoms with E-state index in [1.165, 1.54) is 19.2 Å². The van der Waals surface area contributed by atoms with E-state index < -0.39 is 26.8 Å². The highest BCUT2D eigenvalue weighted by atomic mass is 35.6. The van der Waals surface area contributed by atoms with Crippen LogP contribution in [0.5, 0.6) is 5.75 Å². The summed E-state index contributed by atoms with van der Waals surface area (Å²) >= 11 is 16.9. The fourth-order valence-corrected chi connectivity index (χ4v) is 1.84. The molecule has 22 heavy (non-hydrogen) atoms. The number of carbonyl (C=O) groups is 1. The quantitative estimate of drug-likeness (QED) is 0.272. The molecule has 5 nitrogen and oxygen atoms in total. The Morgan fingerprint density at radius 3 is 2.23 bits per heavy atom. The van der Waals surface area contributed by atoms with Crippen molar-refractivity contribution in [2.75, 3.05) is 13.7 Å². The topological polar surface area (TPSA) is 79.6 Å². The number of alkyl halides is 3. The van der Waals surface area contributed by atoms with Crippen molar-refractivity contribution in [3.05, 3.63) is 35.4 Å². The second-order valence-electron chi connectivity index (χ2n) is 4.05. The molecule has 0 unspecified atom stereocenters. The van der Waals surface area contributed by atoms with Crippen LogP contribution < -0.4 is 4.74 Å². The standard InChI is InChI=1S/C14H14Cl3NO4/c1-3-22-13(20)10(12(18)14(15,16)17)11(19)8-4-6-9(21-2)7-5-8/h4-7,18-19H,3H2,1-2H3/b11-10-,18-12?. The van der Waals surface area contributed by atoms with Gasteiger partial charge in [-0.2, -0.15) is 0 Å². The first-order valence-electron chi connectivity index (χ1n) is 6.13. The maximum atomic E-state index is 12.0. The van der Waals surface area contributed by atoms with Gasteiger partial charge in [0.2, 0.25) is 3.79 Å². The van der Waals surface area contributed by atoms with Crippen molar-refractivity contribution in [2.24, 2.45) is 0 Å². The molecule has 0 aliphatic heterocycles. The fourth-order valence-electron chi connectivity index (χ4n) is 1.56. The predicted octanol–water partition coefficient (Wildman–Crippen LogP) is 3.92. The molecule has 2 N–H and O–H groups in total. The van der Waals surface area contributed by atoms with Crippen LogP contribution in [-0.4, -0.2) is 34.3 Å². The van der Waals surface area contributed by atoms with Gasteiger partial charge < -0.3 is 14.6 Å². The van der Waals surface area contributed by atoms with Crippen LogP contribution in [0, 0.1) is 5.41 Å². The molecule has 0 heterocycles. The molecule has 1 rings (SSSR count).